The summed E-state index contributed by atoms with van der Waals surface area (Å²) in [7, 11) is 0. The second-order valence-corrected chi connectivity index (χ2v) is 1.12. The first-order valence-corrected chi connectivity index (χ1v) is 2.80. The lowest BCUT2D eigenvalue weighted by molar-refractivity contribution is -0.124. The summed E-state index contributed by atoms with van der Waals surface area (Å²) in [6, 6.07) is 0. The van der Waals surface area contributed by atoms with E-state index < -0.39 is 0 Å². The van der Waals surface area contributed by atoms with E-state index in [1.54, 1.807) is 0 Å². The first-order valence-electron chi connectivity index (χ1n) is 2.80. The van der Waals surface area contributed by atoms with Crippen LogP contribution < -0.4 is 5.48 Å². The van der Waals surface area contributed by atoms with E-state index in [4.69, 9.17) is 0 Å². The molecule has 1 rings (SSSR count). The Labute approximate surface area is 49.0 Å². The molecular formula is C5H11NO2. The molecule has 0 aromatic carbocycles. The van der Waals surface area contributed by atoms with Crippen LogP contribution in [0.2, 0.25) is 0 Å². The van der Waals surface area contributed by atoms with Crippen molar-refractivity contribution in [3.05, 3.63) is 0 Å². The highest BCUT2D eigenvalue weighted by Gasteiger charge is 2.06. The highest BCUT2D eigenvalue weighted by Crippen LogP contribution is 1.87. The molecule has 8 heavy (non-hydrogen) atoms. The van der Waals surface area contributed by atoms with Crippen LogP contribution in [0.1, 0.15) is 20.3 Å². The van der Waals surface area contributed by atoms with Crippen molar-refractivity contribution in [2.75, 3.05) is 6.61 Å². The smallest absolute Gasteiger partial charge is 0.245 e. The molecular weight excluding hydrogens is 106 g/mol. The van der Waals surface area contributed by atoms with Gasteiger partial charge < -0.3 is 0 Å². The quantitative estimate of drug-likeness (QED) is 0.500. The van der Waals surface area contributed by atoms with Gasteiger partial charge in [-0.25, -0.2) is 5.48 Å². The zero-order valence-corrected chi connectivity index (χ0v) is 5.23. The highest BCUT2D eigenvalue weighted by molar-refractivity contribution is 5.76. The van der Waals surface area contributed by atoms with Crippen molar-refractivity contribution >= 4 is 5.91 Å². The third-order valence-electron chi connectivity index (χ3n) is 0.617. The standard InChI is InChI=1S/C3H5NO2.C2H6/c5-3-1-2-6-4-3;1-2/h1-2H2,(H,4,5);1-2H3. The van der Waals surface area contributed by atoms with Crippen molar-refractivity contribution in [3.63, 3.8) is 0 Å². The maximum absolute atomic E-state index is 10.0. The molecule has 0 atom stereocenters. The molecule has 0 radical (unpaired) electrons. The molecule has 0 bridgehead atoms. The Kier molecular flexibility index (Phi) is 4.26. The minimum atomic E-state index is -0.0185. The molecule has 1 fully saturated rings. The van der Waals surface area contributed by atoms with Gasteiger partial charge in [-0.3, -0.25) is 9.63 Å². The molecule has 1 heterocycles. The Hall–Kier alpha value is -0.570. The topological polar surface area (TPSA) is 38.3 Å². The predicted octanol–water partition coefficient (Wildman–Crippen LogP) is 0.464. The van der Waals surface area contributed by atoms with Crippen LogP contribution in [-0.2, 0) is 9.63 Å². The second kappa shape index (κ2) is 4.59. The van der Waals surface area contributed by atoms with Gasteiger partial charge in [-0.15, -0.1) is 0 Å². The molecule has 0 aromatic rings. The number of amides is 1. The molecule has 1 amide bonds. The third kappa shape index (κ3) is 2.58. The molecule has 48 valence electrons. The zero-order chi connectivity index (χ0) is 6.41. The summed E-state index contributed by atoms with van der Waals surface area (Å²) >= 11 is 0. The Balaban J connectivity index is 0.000000222. The van der Waals surface area contributed by atoms with Gasteiger partial charge in [0.15, 0.2) is 0 Å². The largest absolute Gasteiger partial charge is 0.273 e. The lowest BCUT2D eigenvalue weighted by Crippen LogP contribution is -2.10. The average molecular weight is 117 g/mol. The van der Waals surface area contributed by atoms with Gasteiger partial charge in [-0.1, -0.05) is 13.8 Å². The van der Waals surface area contributed by atoms with Crippen LogP contribution in [0.4, 0.5) is 0 Å². The number of hydrogen-bond acceptors (Lipinski definition) is 2. The summed E-state index contributed by atoms with van der Waals surface area (Å²) in [6.07, 6.45) is 0.514. The highest BCUT2D eigenvalue weighted by atomic mass is 16.7. The normalized spacial score (nSPS) is 16.5. The summed E-state index contributed by atoms with van der Waals surface area (Å²) in [5.41, 5.74) is 2.18. The maximum atomic E-state index is 10.0. The number of nitrogens with one attached hydrogen (secondary N) is 1. The Morgan fingerprint density at radius 1 is 1.62 bits per heavy atom. The van der Waals surface area contributed by atoms with Gasteiger partial charge in [0, 0.05) is 0 Å². The van der Waals surface area contributed by atoms with E-state index in [1.807, 2.05) is 13.8 Å². The Morgan fingerprint density at radius 3 is 2.38 bits per heavy atom. The van der Waals surface area contributed by atoms with Crippen molar-refractivity contribution < 1.29 is 9.63 Å². The van der Waals surface area contributed by atoms with E-state index in [0.717, 1.165) is 0 Å². The van der Waals surface area contributed by atoms with Gasteiger partial charge in [0.2, 0.25) is 5.91 Å². The van der Waals surface area contributed by atoms with Gasteiger partial charge in [0.05, 0.1) is 13.0 Å². The van der Waals surface area contributed by atoms with Crippen LogP contribution in [0.25, 0.3) is 0 Å². The van der Waals surface area contributed by atoms with Gasteiger partial charge in [0.25, 0.3) is 0 Å². The third-order valence-corrected chi connectivity index (χ3v) is 0.617. The number of hydrogen-bond donors (Lipinski definition) is 1. The van der Waals surface area contributed by atoms with Crippen LogP contribution in [-0.4, -0.2) is 12.5 Å². The zero-order valence-electron chi connectivity index (χ0n) is 5.23. The van der Waals surface area contributed by atoms with Crippen LogP contribution in [0, 0.1) is 0 Å². The number of hydroxylamine groups is 1. The summed E-state index contributed by atoms with van der Waals surface area (Å²) in [5.74, 6) is -0.0185. The van der Waals surface area contributed by atoms with Gasteiger partial charge in [0.1, 0.15) is 0 Å². The number of rotatable bonds is 0. The van der Waals surface area contributed by atoms with Crippen LogP contribution >= 0.6 is 0 Å². The first-order chi connectivity index (χ1) is 3.89. The molecule has 1 saturated heterocycles. The minimum absolute atomic E-state index is 0.0185. The summed E-state index contributed by atoms with van der Waals surface area (Å²) in [6.45, 7) is 4.53. The van der Waals surface area contributed by atoms with Gasteiger partial charge in [-0.2, -0.15) is 0 Å². The number of carbonyl (C=O) groups is 1. The Bertz CT molecular complexity index is 64.8. The first kappa shape index (κ1) is 7.43. The molecule has 1 aliphatic rings. The summed E-state index contributed by atoms with van der Waals surface area (Å²) < 4.78 is 0. The fourth-order valence-electron chi connectivity index (χ4n) is 0.326. The van der Waals surface area contributed by atoms with E-state index >= 15 is 0 Å². The molecule has 1 N–H and O–H groups in total. The Morgan fingerprint density at radius 2 is 2.25 bits per heavy atom. The lowest BCUT2D eigenvalue weighted by Gasteiger charge is -1.81. The SMILES string of the molecule is CC.O=C1CCON1. The molecule has 0 unspecified atom stereocenters. The molecule has 0 aromatic heterocycles. The van der Waals surface area contributed by atoms with Crippen LogP contribution in [0.15, 0.2) is 0 Å². The predicted molar refractivity (Wildman–Crippen MR) is 30.1 cm³/mol. The van der Waals surface area contributed by atoms with Crippen LogP contribution in [0.5, 0.6) is 0 Å². The van der Waals surface area contributed by atoms with E-state index in [-0.39, 0.29) is 5.91 Å². The van der Waals surface area contributed by atoms with E-state index in [0.29, 0.717) is 13.0 Å². The van der Waals surface area contributed by atoms with Crippen LogP contribution in [0.3, 0.4) is 0 Å². The molecule has 0 saturated carbocycles. The molecule has 0 spiro atoms. The molecule has 1 aliphatic heterocycles. The van der Waals surface area contributed by atoms with Gasteiger partial charge in [-0.05, 0) is 0 Å². The lowest BCUT2D eigenvalue weighted by atomic mass is 10.5. The average Bonchev–Trinajstić information content (AvgIpc) is 2.24. The summed E-state index contributed by atoms with van der Waals surface area (Å²) in [5, 5.41) is 0. The monoisotopic (exact) mass is 117 g/mol. The molecule has 3 heteroatoms. The van der Waals surface area contributed by atoms with Crippen molar-refractivity contribution in [1.82, 2.24) is 5.48 Å². The molecule has 0 aliphatic carbocycles. The van der Waals surface area contributed by atoms with Crippen molar-refractivity contribution in [2.24, 2.45) is 0 Å². The van der Waals surface area contributed by atoms with E-state index in [9.17, 15) is 4.79 Å². The van der Waals surface area contributed by atoms with E-state index in [2.05, 4.69) is 10.3 Å². The summed E-state index contributed by atoms with van der Waals surface area (Å²) in [4.78, 5) is 14.5. The van der Waals surface area contributed by atoms with E-state index in [1.165, 1.54) is 0 Å². The van der Waals surface area contributed by atoms with Crippen molar-refractivity contribution in [3.8, 4) is 0 Å². The maximum Gasteiger partial charge on any atom is 0.245 e. The second-order valence-electron chi connectivity index (χ2n) is 1.12. The van der Waals surface area contributed by atoms with Gasteiger partial charge >= 0.3 is 0 Å². The fraction of sp³-hybridized carbons (Fsp3) is 0.800. The van der Waals surface area contributed by atoms with Crippen molar-refractivity contribution in [2.45, 2.75) is 20.3 Å². The fourth-order valence-corrected chi connectivity index (χ4v) is 0.326. The molecule has 3 nitrogen and oxygen atoms in total. The number of carbonyl (C=O) groups excluding carboxylic acids is 1. The minimum Gasteiger partial charge on any atom is -0.273 e. The van der Waals surface area contributed by atoms with Crippen molar-refractivity contribution in [1.29, 1.82) is 0 Å².